The fourth-order valence-electron chi connectivity index (χ4n) is 5.16. The van der Waals surface area contributed by atoms with Crippen molar-refractivity contribution in [2.45, 2.75) is 25.7 Å². The molecule has 3 aliphatic rings. The highest BCUT2D eigenvalue weighted by molar-refractivity contribution is 7.17. The van der Waals surface area contributed by atoms with Crippen molar-refractivity contribution < 1.29 is 19.5 Å². The van der Waals surface area contributed by atoms with Gasteiger partial charge in [-0.2, -0.15) is 0 Å². The van der Waals surface area contributed by atoms with Gasteiger partial charge in [-0.25, -0.2) is 0 Å². The highest BCUT2D eigenvalue weighted by atomic mass is 32.1. The Bertz CT molecular complexity index is 1060. The van der Waals surface area contributed by atoms with Gasteiger partial charge >= 0.3 is 5.97 Å². The van der Waals surface area contributed by atoms with Crippen LogP contribution in [-0.4, -0.2) is 22.9 Å². The highest BCUT2D eigenvalue weighted by Crippen LogP contribution is 2.49. The van der Waals surface area contributed by atoms with E-state index in [1.54, 1.807) is 0 Å². The van der Waals surface area contributed by atoms with Crippen LogP contribution in [0.2, 0.25) is 0 Å². The Balaban J connectivity index is 1.42. The maximum Gasteiger partial charge on any atom is 0.307 e. The molecule has 4 atom stereocenters. The van der Waals surface area contributed by atoms with Crippen molar-refractivity contribution in [1.82, 2.24) is 0 Å². The zero-order valence-electron chi connectivity index (χ0n) is 16.3. The summed E-state index contributed by atoms with van der Waals surface area (Å²) in [4.78, 5) is 39.1. The number of rotatable bonds is 5. The van der Waals surface area contributed by atoms with Gasteiger partial charge in [0.25, 0.3) is 5.91 Å². The molecule has 0 saturated heterocycles. The number of carbonyl (C=O) groups excluding carboxylic acids is 2. The lowest BCUT2D eigenvalue weighted by Crippen LogP contribution is -2.36. The van der Waals surface area contributed by atoms with Crippen LogP contribution in [0, 0.1) is 23.7 Å². The first kappa shape index (κ1) is 19.1. The summed E-state index contributed by atoms with van der Waals surface area (Å²) in [7, 11) is 0. The highest BCUT2D eigenvalue weighted by Gasteiger charge is 2.51. The van der Waals surface area contributed by atoms with Gasteiger partial charge in [-0.1, -0.05) is 30.4 Å². The predicted molar refractivity (Wildman–Crippen MR) is 115 cm³/mol. The lowest BCUT2D eigenvalue weighted by molar-refractivity contribution is -0.146. The van der Waals surface area contributed by atoms with Crippen LogP contribution in [0.1, 0.15) is 33.6 Å². The minimum absolute atomic E-state index is 0.0514. The number of allylic oxidation sites excluding steroid dienone is 2. The van der Waals surface area contributed by atoms with Gasteiger partial charge < -0.3 is 15.7 Å². The summed E-state index contributed by atoms with van der Waals surface area (Å²) in [5.74, 6) is -2.90. The Labute approximate surface area is 178 Å². The molecule has 3 aliphatic carbocycles. The molecule has 0 aliphatic heterocycles. The first-order valence-electron chi connectivity index (χ1n) is 10.3. The number of benzene rings is 1. The van der Waals surface area contributed by atoms with Crippen molar-refractivity contribution in [1.29, 1.82) is 0 Å². The lowest BCUT2D eigenvalue weighted by atomic mass is 9.82. The van der Waals surface area contributed by atoms with E-state index in [1.807, 2.05) is 42.5 Å². The maximum atomic E-state index is 13.1. The number of amides is 2. The Morgan fingerprint density at radius 3 is 2.43 bits per heavy atom. The van der Waals surface area contributed by atoms with Gasteiger partial charge in [-0.15, -0.1) is 11.3 Å². The van der Waals surface area contributed by atoms with Crippen LogP contribution in [0.3, 0.4) is 0 Å². The second-order valence-corrected chi connectivity index (χ2v) is 9.31. The Kier molecular flexibility index (Phi) is 4.70. The quantitative estimate of drug-likeness (QED) is 0.636. The number of carboxylic acids is 1. The largest absolute Gasteiger partial charge is 0.481 e. The van der Waals surface area contributed by atoms with E-state index in [1.165, 1.54) is 11.3 Å². The summed E-state index contributed by atoms with van der Waals surface area (Å²) in [6.07, 6.45) is 7.30. The average molecular weight is 423 g/mol. The second-order valence-electron chi connectivity index (χ2n) is 8.21. The minimum Gasteiger partial charge on any atom is -0.481 e. The van der Waals surface area contributed by atoms with Gasteiger partial charge in [0.1, 0.15) is 5.00 Å². The molecule has 2 aromatic rings. The monoisotopic (exact) mass is 422 g/mol. The number of aliphatic carboxylic acids is 1. The van der Waals surface area contributed by atoms with Crippen LogP contribution in [0.5, 0.6) is 0 Å². The third-order valence-corrected chi connectivity index (χ3v) is 7.67. The Hall–Kier alpha value is -2.93. The molecular formula is C23H22N2O4S. The first-order chi connectivity index (χ1) is 14.5. The van der Waals surface area contributed by atoms with E-state index >= 15 is 0 Å². The number of nitrogens with one attached hydrogen (secondary N) is 2. The summed E-state index contributed by atoms with van der Waals surface area (Å²) in [6.45, 7) is 0. The van der Waals surface area contributed by atoms with E-state index in [0.717, 1.165) is 29.7 Å². The number of carboxylic acid groups (broad SMARTS) is 1. The summed E-state index contributed by atoms with van der Waals surface area (Å²) >= 11 is 1.45. The number of carbonyl (C=O) groups is 3. The van der Waals surface area contributed by atoms with Crippen molar-refractivity contribution in [3.05, 3.63) is 58.5 Å². The van der Waals surface area contributed by atoms with Gasteiger partial charge in [0.2, 0.25) is 5.91 Å². The molecule has 0 unspecified atom stereocenters. The van der Waals surface area contributed by atoms with Gasteiger partial charge in [-0.05, 0) is 55.2 Å². The van der Waals surface area contributed by atoms with E-state index in [4.69, 9.17) is 0 Å². The van der Waals surface area contributed by atoms with Crippen molar-refractivity contribution in [3.8, 4) is 0 Å². The number of aryl methyl sites for hydroxylation is 1. The maximum absolute atomic E-state index is 13.1. The Morgan fingerprint density at radius 1 is 0.967 bits per heavy atom. The third-order valence-electron chi connectivity index (χ3n) is 6.46. The number of fused-ring (bicyclic) bond motifs is 3. The molecule has 5 rings (SSSR count). The fourth-order valence-corrected chi connectivity index (χ4v) is 6.45. The van der Waals surface area contributed by atoms with Crippen LogP contribution in [0.25, 0.3) is 0 Å². The van der Waals surface area contributed by atoms with Crippen LogP contribution in [0.15, 0.2) is 42.5 Å². The molecule has 2 amide bonds. The SMILES string of the molecule is O=C(Nc1ccccc1)c1c(NC(=O)[C@@H]2[C@H](C(=O)O)[C@H]3C=C[C@H]2C3)sc2c1CCC2. The molecule has 30 heavy (non-hydrogen) atoms. The molecule has 1 fully saturated rings. The second kappa shape index (κ2) is 7.40. The number of hydrogen-bond donors (Lipinski definition) is 3. The van der Waals surface area contributed by atoms with Crippen molar-refractivity contribution >= 4 is 39.8 Å². The molecular weight excluding hydrogens is 400 g/mol. The standard InChI is InChI=1S/C23H22N2O4S/c26-20(17-12-9-10-13(11-12)18(17)23(28)29)25-22-19(15-7-4-8-16(15)30-22)21(27)24-14-5-2-1-3-6-14/h1-3,5-6,9-10,12-13,17-18H,4,7-8,11H2,(H,24,27)(H,25,26)(H,28,29)/t12-,13-,17-,18+/m0/s1. The van der Waals surface area contributed by atoms with Crippen molar-refractivity contribution in [3.63, 3.8) is 0 Å². The van der Waals surface area contributed by atoms with Gasteiger partial charge in [-0.3, -0.25) is 14.4 Å². The number of thiophene rings is 1. The molecule has 0 radical (unpaired) electrons. The number of para-hydroxylation sites is 1. The fraction of sp³-hybridized carbons (Fsp3) is 0.348. The first-order valence-corrected chi connectivity index (χ1v) is 11.1. The normalized spacial score (nSPS) is 25.9. The molecule has 1 heterocycles. The van der Waals surface area contributed by atoms with Gasteiger partial charge in [0.15, 0.2) is 0 Å². The van der Waals surface area contributed by atoms with E-state index in [2.05, 4.69) is 10.6 Å². The summed E-state index contributed by atoms with van der Waals surface area (Å²) in [5, 5.41) is 16.0. The molecule has 1 aromatic carbocycles. The number of hydrogen-bond acceptors (Lipinski definition) is 4. The smallest absolute Gasteiger partial charge is 0.307 e. The van der Waals surface area contributed by atoms with Crippen LogP contribution in [-0.2, 0) is 22.4 Å². The van der Waals surface area contributed by atoms with E-state index in [0.29, 0.717) is 22.7 Å². The van der Waals surface area contributed by atoms with E-state index in [-0.39, 0.29) is 23.7 Å². The zero-order chi connectivity index (χ0) is 20.8. The zero-order valence-corrected chi connectivity index (χ0v) is 17.1. The van der Waals surface area contributed by atoms with E-state index < -0.39 is 17.8 Å². The Morgan fingerprint density at radius 2 is 1.70 bits per heavy atom. The van der Waals surface area contributed by atoms with Crippen LogP contribution in [0.4, 0.5) is 10.7 Å². The number of anilines is 2. The van der Waals surface area contributed by atoms with Crippen molar-refractivity contribution in [2.75, 3.05) is 10.6 Å². The molecule has 2 bridgehead atoms. The molecule has 1 aromatic heterocycles. The van der Waals surface area contributed by atoms with Crippen LogP contribution < -0.4 is 10.6 Å². The van der Waals surface area contributed by atoms with E-state index in [9.17, 15) is 19.5 Å². The molecule has 0 spiro atoms. The average Bonchev–Trinajstić information content (AvgIpc) is 3.48. The topological polar surface area (TPSA) is 95.5 Å². The molecule has 7 heteroatoms. The summed E-state index contributed by atoms with van der Waals surface area (Å²) < 4.78 is 0. The van der Waals surface area contributed by atoms with Gasteiger partial charge in [0, 0.05) is 10.6 Å². The minimum atomic E-state index is -0.928. The van der Waals surface area contributed by atoms with Crippen LogP contribution >= 0.6 is 11.3 Å². The summed E-state index contributed by atoms with van der Waals surface area (Å²) in [6, 6.07) is 9.23. The lowest BCUT2D eigenvalue weighted by Gasteiger charge is -2.23. The summed E-state index contributed by atoms with van der Waals surface area (Å²) in [5.41, 5.74) is 2.23. The van der Waals surface area contributed by atoms with Crippen molar-refractivity contribution in [2.24, 2.45) is 23.7 Å². The molecule has 6 nitrogen and oxygen atoms in total. The molecule has 3 N–H and O–H groups in total. The third kappa shape index (κ3) is 3.13. The van der Waals surface area contributed by atoms with Gasteiger partial charge in [0.05, 0.1) is 17.4 Å². The molecule has 154 valence electrons. The predicted octanol–water partition coefficient (Wildman–Crippen LogP) is 3.95. The molecule has 1 saturated carbocycles.